The normalized spacial score (nSPS) is 16.7. The largest absolute Gasteiger partial charge is 0.476 e. The number of nitrogens with zero attached hydrogens (tertiary/aromatic N) is 1. The van der Waals surface area contributed by atoms with Gasteiger partial charge in [0.05, 0.1) is 17.1 Å². The Balaban J connectivity index is 2.04. The minimum absolute atomic E-state index is 0.0371. The third kappa shape index (κ3) is 5.35. The Labute approximate surface area is 198 Å². The van der Waals surface area contributed by atoms with E-state index < -0.39 is 16.1 Å². The summed E-state index contributed by atoms with van der Waals surface area (Å²) in [6.07, 6.45) is -0.948. The van der Waals surface area contributed by atoms with Crippen molar-refractivity contribution < 1.29 is 17.9 Å². The highest BCUT2D eigenvalue weighted by Gasteiger charge is 2.39. The number of nitrogens with one attached hydrogen (secondary N) is 1. The number of fused-ring (bicyclic) bond motifs is 1. The van der Waals surface area contributed by atoms with Crippen LogP contribution in [-0.2, 0) is 20.2 Å². The van der Waals surface area contributed by atoms with E-state index in [1.807, 2.05) is 12.1 Å². The molecule has 33 heavy (non-hydrogen) atoms. The van der Waals surface area contributed by atoms with Gasteiger partial charge in [-0.25, -0.2) is 8.42 Å². The van der Waals surface area contributed by atoms with E-state index in [2.05, 4.69) is 53.8 Å². The van der Waals surface area contributed by atoms with Crippen molar-refractivity contribution in [3.8, 4) is 5.75 Å². The summed E-state index contributed by atoms with van der Waals surface area (Å²) in [5.74, 6) is 0.562. The average molecular weight is 473 g/mol. The summed E-state index contributed by atoms with van der Waals surface area (Å²) in [6, 6.07) is 13.8. The lowest BCUT2D eigenvalue weighted by Gasteiger charge is -2.37. The molecule has 0 saturated heterocycles. The fourth-order valence-corrected chi connectivity index (χ4v) is 5.65. The molecule has 6 nitrogen and oxygen atoms in total. The molecular formula is C26H36N2O4S. The lowest BCUT2D eigenvalue weighted by Crippen LogP contribution is -2.54. The van der Waals surface area contributed by atoms with Gasteiger partial charge < -0.3 is 10.1 Å². The van der Waals surface area contributed by atoms with Crippen LogP contribution in [0.4, 0.5) is 5.69 Å². The molecule has 0 saturated carbocycles. The number of hydrogen-bond acceptors (Lipinski definition) is 4. The van der Waals surface area contributed by atoms with Crippen molar-refractivity contribution in [3.63, 3.8) is 0 Å². The summed E-state index contributed by atoms with van der Waals surface area (Å²) >= 11 is 0. The van der Waals surface area contributed by atoms with Crippen molar-refractivity contribution in [2.75, 3.05) is 10.8 Å². The van der Waals surface area contributed by atoms with Crippen LogP contribution >= 0.6 is 0 Å². The van der Waals surface area contributed by atoms with Gasteiger partial charge >= 0.3 is 0 Å². The zero-order valence-electron chi connectivity index (χ0n) is 20.6. The highest BCUT2D eigenvalue weighted by atomic mass is 32.2. The number of sulfonamides is 1. The minimum Gasteiger partial charge on any atom is -0.476 e. The molecule has 0 spiro atoms. The van der Waals surface area contributed by atoms with Crippen molar-refractivity contribution in [1.82, 2.24) is 5.32 Å². The summed E-state index contributed by atoms with van der Waals surface area (Å²) in [7, 11) is -3.89. The van der Waals surface area contributed by atoms with Crippen LogP contribution in [0.5, 0.6) is 5.75 Å². The molecule has 1 aliphatic heterocycles. The van der Waals surface area contributed by atoms with Crippen molar-refractivity contribution in [2.24, 2.45) is 11.8 Å². The molecule has 7 heteroatoms. The van der Waals surface area contributed by atoms with Gasteiger partial charge in [0, 0.05) is 6.04 Å². The molecule has 3 rings (SSSR count). The first-order valence-electron chi connectivity index (χ1n) is 11.5. The maximum absolute atomic E-state index is 13.7. The lowest BCUT2D eigenvalue weighted by atomic mass is 9.86. The molecule has 1 N–H and O–H groups in total. The van der Waals surface area contributed by atoms with E-state index in [-0.39, 0.29) is 40.6 Å². The van der Waals surface area contributed by atoms with Gasteiger partial charge in [-0.15, -0.1) is 0 Å². The molecule has 0 aromatic heterocycles. The van der Waals surface area contributed by atoms with Gasteiger partial charge in [0.25, 0.3) is 15.9 Å². The summed E-state index contributed by atoms with van der Waals surface area (Å²) in [6.45, 7) is 14.4. The molecule has 0 radical (unpaired) electrons. The third-order valence-electron chi connectivity index (χ3n) is 6.06. The molecule has 2 aromatic carbocycles. The molecule has 2 aromatic rings. The second-order valence-corrected chi connectivity index (χ2v) is 12.3. The van der Waals surface area contributed by atoms with Crippen LogP contribution in [0.3, 0.4) is 0 Å². The van der Waals surface area contributed by atoms with Crippen LogP contribution in [-0.4, -0.2) is 33.0 Å². The standard InChI is InChI=1S/C26H36N2O4S/c1-17(2)24(18(3)4)27-25(29)23-16-28(33(30,31)20-11-9-8-10-12-20)21-15-19(26(5,6)7)13-14-22(21)32-23/h8-15,17-18,23-24H,16H2,1-7H3,(H,27,29)/t23-/m1/s1. The SMILES string of the molecule is CC(C)C(NC(=O)[C@H]1CN(S(=O)(=O)c2ccccc2)c2cc(C(C)(C)C)ccc2O1)C(C)C. The second-order valence-electron chi connectivity index (χ2n) is 10.4. The molecule has 1 aliphatic rings. The van der Waals surface area contributed by atoms with Gasteiger partial charge in [0.1, 0.15) is 5.75 Å². The number of carbonyl (C=O) groups is 1. The number of benzene rings is 2. The van der Waals surface area contributed by atoms with Crippen molar-refractivity contribution in [2.45, 2.75) is 70.9 Å². The van der Waals surface area contributed by atoms with E-state index in [1.165, 1.54) is 4.31 Å². The molecule has 0 bridgehead atoms. The van der Waals surface area contributed by atoms with E-state index in [0.717, 1.165) is 5.56 Å². The van der Waals surface area contributed by atoms with Gasteiger partial charge in [0.2, 0.25) is 0 Å². The number of rotatable bonds is 6. The Morgan fingerprint density at radius 2 is 1.64 bits per heavy atom. The highest BCUT2D eigenvalue weighted by molar-refractivity contribution is 7.92. The third-order valence-corrected chi connectivity index (χ3v) is 7.86. The quantitative estimate of drug-likeness (QED) is 0.659. The van der Waals surface area contributed by atoms with E-state index >= 15 is 0 Å². The Bertz CT molecular complexity index is 1080. The molecule has 1 heterocycles. The Kier molecular flexibility index (Phi) is 7.13. The van der Waals surface area contributed by atoms with E-state index in [0.29, 0.717) is 11.4 Å². The van der Waals surface area contributed by atoms with Crippen molar-refractivity contribution in [3.05, 3.63) is 54.1 Å². The first-order valence-corrected chi connectivity index (χ1v) is 13.0. The van der Waals surface area contributed by atoms with Crippen LogP contribution in [0.15, 0.2) is 53.4 Å². The summed E-state index contributed by atoms with van der Waals surface area (Å²) < 4.78 is 34.7. The topological polar surface area (TPSA) is 75.7 Å². The maximum Gasteiger partial charge on any atom is 0.264 e. The Hall–Kier alpha value is -2.54. The predicted octanol–water partition coefficient (Wildman–Crippen LogP) is 4.74. The maximum atomic E-state index is 13.7. The first kappa shape index (κ1) is 25.1. The van der Waals surface area contributed by atoms with E-state index in [1.54, 1.807) is 36.4 Å². The minimum atomic E-state index is -3.89. The van der Waals surface area contributed by atoms with Gasteiger partial charge in [-0.05, 0) is 47.1 Å². The average Bonchev–Trinajstić information content (AvgIpc) is 2.75. The van der Waals surface area contributed by atoms with Gasteiger partial charge in [-0.1, -0.05) is 72.7 Å². The molecule has 0 aliphatic carbocycles. The van der Waals surface area contributed by atoms with Crippen LogP contribution in [0.25, 0.3) is 0 Å². The monoisotopic (exact) mass is 472 g/mol. The second kappa shape index (κ2) is 9.37. The predicted molar refractivity (Wildman–Crippen MR) is 132 cm³/mol. The van der Waals surface area contributed by atoms with Crippen LogP contribution in [0.1, 0.15) is 54.0 Å². The number of ether oxygens (including phenoxy) is 1. The van der Waals surface area contributed by atoms with Crippen LogP contribution in [0, 0.1) is 11.8 Å². The molecule has 0 fully saturated rings. The van der Waals surface area contributed by atoms with Crippen LogP contribution in [0.2, 0.25) is 0 Å². The zero-order chi connectivity index (χ0) is 24.6. The number of anilines is 1. The summed E-state index contributed by atoms with van der Waals surface area (Å²) in [5.41, 5.74) is 1.27. The number of carbonyl (C=O) groups excluding carboxylic acids is 1. The lowest BCUT2D eigenvalue weighted by molar-refractivity contribution is -0.129. The Morgan fingerprint density at radius 1 is 1.03 bits per heavy atom. The fourth-order valence-electron chi connectivity index (χ4n) is 4.16. The summed E-state index contributed by atoms with van der Waals surface area (Å²) in [5, 5.41) is 3.08. The van der Waals surface area contributed by atoms with E-state index in [9.17, 15) is 13.2 Å². The number of amides is 1. The van der Waals surface area contributed by atoms with Gasteiger partial charge in [0.15, 0.2) is 6.10 Å². The molecular weight excluding hydrogens is 436 g/mol. The smallest absolute Gasteiger partial charge is 0.264 e. The van der Waals surface area contributed by atoms with Gasteiger partial charge in [-0.2, -0.15) is 0 Å². The van der Waals surface area contributed by atoms with Crippen LogP contribution < -0.4 is 14.4 Å². The highest BCUT2D eigenvalue weighted by Crippen LogP contribution is 2.40. The van der Waals surface area contributed by atoms with Gasteiger partial charge in [-0.3, -0.25) is 9.10 Å². The Morgan fingerprint density at radius 3 is 2.18 bits per heavy atom. The molecule has 1 amide bonds. The number of hydrogen-bond donors (Lipinski definition) is 1. The van der Waals surface area contributed by atoms with E-state index in [4.69, 9.17) is 4.74 Å². The first-order chi connectivity index (χ1) is 15.3. The summed E-state index contributed by atoms with van der Waals surface area (Å²) in [4.78, 5) is 13.4. The molecule has 1 atom stereocenters. The molecule has 180 valence electrons. The fraction of sp³-hybridized carbons (Fsp3) is 0.500. The van der Waals surface area contributed by atoms with Crippen molar-refractivity contribution in [1.29, 1.82) is 0 Å². The zero-order valence-corrected chi connectivity index (χ0v) is 21.4. The van der Waals surface area contributed by atoms with Crippen molar-refractivity contribution >= 4 is 21.6 Å². The molecule has 0 unspecified atom stereocenters.